The van der Waals surface area contributed by atoms with Crippen LogP contribution in [0.4, 0.5) is 5.69 Å². The van der Waals surface area contributed by atoms with E-state index in [2.05, 4.69) is 56.7 Å². The highest BCUT2D eigenvalue weighted by Crippen LogP contribution is 2.39. The van der Waals surface area contributed by atoms with Crippen LogP contribution in [0.5, 0.6) is 0 Å². The molecule has 0 saturated heterocycles. The molecule has 5 nitrogen and oxygen atoms in total. The van der Waals surface area contributed by atoms with Crippen molar-refractivity contribution >= 4 is 11.4 Å². The fraction of sp³-hybridized carbons (Fsp3) is 0.500. The van der Waals surface area contributed by atoms with Crippen molar-refractivity contribution in [1.29, 1.82) is 0 Å². The van der Waals surface area contributed by atoms with Gasteiger partial charge < -0.3 is 0 Å². The molecule has 112 valence electrons. The number of benzene rings is 1. The number of hydrogen-bond acceptors (Lipinski definition) is 4. The van der Waals surface area contributed by atoms with E-state index in [-0.39, 0.29) is 5.41 Å². The van der Waals surface area contributed by atoms with Crippen molar-refractivity contribution < 1.29 is 33.5 Å². The van der Waals surface area contributed by atoms with Crippen LogP contribution in [0.15, 0.2) is 24.3 Å². The fourth-order valence-electron chi connectivity index (χ4n) is 2.73. The van der Waals surface area contributed by atoms with Gasteiger partial charge in [0.1, 0.15) is 7.05 Å². The summed E-state index contributed by atoms with van der Waals surface area (Å²) in [6, 6.07) is 8.75. The number of rotatable bonds is 2. The summed E-state index contributed by atoms with van der Waals surface area (Å²) in [5.74, 6) is 0. The van der Waals surface area contributed by atoms with Gasteiger partial charge in [-0.2, -0.15) is 0 Å². The van der Waals surface area contributed by atoms with Crippen LogP contribution in [0.1, 0.15) is 39.2 Å². The molecule has 0 atom stereocenters. The van der Waals surface area contributed by atoms with Gasteiger partial charge in [-0.05, 0) is 20.3 Å². The molecule has 0 aliphatic carbocycles. The van der Waals surface area contributed by atoms with Crippen LogP contribution in [0.25, 0.3) is 0 Å². The molecule has 1 aliphatic rings. The smallest absolute Gasteiger partial charge is 0.209 e. The van der Waals surface area contributed by atoms with E-state index in [1.165, 1.54) is 24.1 Å². The van der Waals surface area contributed by atoms with Gasteiger partial charge in [0.25, 0.3) is 0 Å². The van der Waals surface area contributed by atoms with Gasteiger partial charge in [-0.15, -0.1) is 10.2 Å². The molecule has 0 unspecified atom stereocenters. The highest BCUT2D eigenvalue weighted by atomic mass is 35.7. The second-order valence-electron chi connectivity index (χ2n) is 5.28. The zero-order valence-corrected chi connectivity index (χ0v) is 12.9. The monoisotopic (exact) mass is 301 g/mol. The van der Waals surface area contributed by atoms with Crippen LogP contribution >= 0.6 is 0 Å². The molecule has 0 spiro atoms. The fourth-order valence-corrected chi connectivity index (χ4v) is 2.73. The highest BCUT2D eigenvalue weighted by molar-refractivity contribution is 5.94. The summed E-state index contributed by atoms with van der Waals surface area (Å²) in [5.41, 5.74) is 4.61. The minimum Gasteiger partial charge on any atom is -0.222 e. The van der Waals surface area contributed by atoms with Crippen LogP contribution in [-0.2, 0) is 5.41 Å². The Balaban J connectivity index is 0.000000347. The number of fused-ring (bicyclic) bond motifs is 1. The van der Waals surface area contributed by atoms with Gasteiger partial charge in [0.05, 0.1) is 5.41 Å². The average molecular weight is 302 g/mol. The molecule has 0 bridgehead atoms. The van der Waals surface area contributed by atoms with Gasteiger partial charge in [0.2, 0.25) is 5.69 Å². The SMILES string of the molecule is CCCC1=[N+](C)c2ccccc2C1(C)C.[O-][Cl+3]([O-])([O-])[O-]. The Labute approximate surface area is 121 Å². The standard InChI is InChI=1S/C14H20N.ClHO4/c1-5-8-13-14(2,3)11-9-6-7-10-12(11)15(13)4;2-1(3,4)5/h6-7,9-10H,5,8H2,1-4H3;(H,2,3,4,5)/q+1;/p-1. The lowest BCUT2D eigenvalue weighted by Gasteiger charge is -2.17. The lowest BCUT2D eigenvalue weighted by Crippen LogP contribution is -2.68. The molecule has 0 aromatic heterocycles. The van der Waals surface area contributed by atoms with Gasteiger partial charge >= 0.3 is 0 Å². The summed E-state index contributed by atoms with van der Waals surface area (Å²) in [6.45, 7) is 6.92. The first-order valence-electron chi connectivity index (χ1n) is 6.40. The summed E-state index contributed by atoms with van der Waals surface area (Å²) >= 11 is 0. The summed E-state index contributed by atoms with van der Waals surface area (Å²) < 4.78 is 36.3. The van der Waals surface area contributed by atoms with E-state index >= 15 is 0 Å². The number of halogens is 1. The normalized spacial score (nSPS) is 16.6. The quantitative estimate of drug-likeness (QED) is 0.637. The predicted molar refractivity (Wildman–Crippen MR) is 65.2 cm³/mol. The predicted octanol–water partition coefficient (Wildman–Crippen LogP) is -1.26. The van der Waals surface area contributed by atoms with Crippen molar-refractivity contribution in [2.45, 2.75) is 39.0 Å². The molecule has 1 aromatic rings. The summed E-state index contributed by atoms with van der Waals surface area (Å²) in [7, 11) is -2.75. The average Bonchev–Trinajstić information content (AvgIpc) is 2.50. The van der Waals surface area contributed by atoms with E-state index in [9.17, 15) is 0 Å². The lowest BCUT2D eigenvalue weighted by atomic mass is 9.80. The Morgan fingerprint density at radius 3 is 2.05 bits per heavy atom. The van der Waals surface area contributed by atoms with Gasteiger partial charge in [0, 0.05) is 18.1 Å². The minimum atomic E-state index is -4.94. The van der Waals surface area contributed by atoms with Crippen molar-refractivity contribution in [1.82, 2.24) is 0 Å². The largest absolute Gasteiger partial charge is 0.222 e. The molecule has 0 saturated carbocycles. The van der Waals surface area contributed by atoms with Crippen molar-refractivity contribution in [3.8, 4) is 0 Å². The van der Waals surface area contributed by atoms with Crippen LogP contribution < -0.4 is 18.6 Å². The second-order valence-corrected chi connectivity index (χ2v) is 6.03. The number of nitrogens with zero attached hydrogens (tertiary/aromatic N) is 1. The van der Waals surface area contributed by atoms with Crippen LogP contribution in [-0.4, -0.2) is 17.3 Å². The zero-order valence-electron chi connectivity index (χ0n) is 12.2. The van der Waals surface area contributed by atoms with E-state index in [4.69, 9.17) is 18.6 Å². The van der Waals surface area contributed by atoms with Crippen molar-refractivity contribution in [3.05, 3.63) is 29.8 Å². The molecule has 2 rings (SSSR count). The maximum atomic E-state index is 8.49. The molecule has 1 aliphatic heterocycles. The van der Waals surface area contributed by atoms with Crippen LogP contribution in [0, 0.1) is 10.2 Å². The Morgan fingerprint density at radius 1 is 1.10 bits per heavy atom. The van der Waals surface area contributed by atoms with E-state index in [1.54, 1.807) is 5.71 Å². The topological polar surface area (TPSA) is 95.2 Å². The molecule has 0 N–H and O–H groups in total. The second kappa shape index (κ2) is 6.20. The molecule has 0 amide bonds. The minimum absolute atomic E-state index is 0.210. The maximum absolute atomic E-state index is 8.49. The van der Waals surface area contributed by atoms with E-state index in [0.717, 1.165) is 0 Å². The first-order valence-corrected chi connectivity index (χ1v) is 7.63. The van der Waals surface area contributed by atoms with Crippen LogP contribution in [0.3, 0.4) is 0 Å². The first kappa shape index (κ1) is 17.1. The molecule has 1 heterocycles. The van der Waals surface area contributed by atoms with Crippen molar-refractivity contribution in [2.24, 2.45) is 0 Å². The molecular weight excluding hydrogens is 282 g/mol. The van der Waals surface area contributed by atoms with Gasteiger partial charge in [-0.25, -0.2) is 23.2 Å². The first-order chi connectivity index (χ1) is 9.09. The highest BCUT2D eigenvalue weighted by Gasteiger charge is 2.42. The zero-order chi connectivity index (χ0) is 15.6. The molecular formula is C14H20ClNO4. The summed E-state index contributed by atoms with van der Waals surface area (Å²) in [5, 5.41) is 0. The van der Waals surface area contributed by atoms with Crippen molar-refractivity contribution in [3.63, 3.8) is 0 Å². The van der Waals surface area contributed by atoms with E-state index < -0.39 is 10.2 Å². The lowest BCUT2D eigenvalue weighted by molar-refractivity contribution is -2.00. The molecule has 0 radical (unpaired) electrons. The molecule has 1 aromatic carbocycles. The van der Waals surface area contributed by atoms with Crippen molar-refractivity contribution in [2.75, 3.05) is 7.05 Å². The third kappa shape index (κ3) is 4.01. The van der Waals surface area contributed by atoms with Gasteiger partial charge in [-0.1, -0.05) is 25.1 Å². The summed E-state index contributed by atoms with van der Waals surface area (Å²) in [4.78, 5) is 0. The van der Waals surface area contributed by atoms with E-state index in [0.29, 0.717) is 0 Å². The Hall–Kier alpha value is -0.980. The molecule has 0 fully saturated rings. The third-order valence-electron chi connectivity index (χ3n) is 3.55. The third-order valence-corrected chi connectivity index (χ3v) is 3.55. The molecule has 20 heavy (non-hydrogen) atoms. The Kier molecular flexibility index (Phi) is 5.29. The Morgan fingerprint density at radius 2 is 1.60 bits per heavy atom. The van der Waals surface area contributed by atoms with Crippen LogP contribution in [0.2, 0.25) is 0 Å². The summed E-state index contributed by atoms with van der Waals surface area (Å²) in [6.07, 6.45) is 2.41. The van der Waals surface area contributed by atoms with Gasteiger partial charge in [0.15, 0.2) is 5.71 Å². The van der Waals surface area contributed by atoms with E-state index in [1.807, 2.05) is 0 Å². The molecule has 6 heteroatoms. The number of hydrogen-bond donors (Lipinski definition) is 0. The van der Waals surface area contributed by atoms with Gasteiger partial charge in [-0.3, -0.25) is 0 Å². The number of para-hydroxylation sites is 1. The Bertz CT molecular complexity index is 500. The maximum Gasteiger partial charge on any atom is 0.209 e.